The van der Waals surface area contributed by atoms with Gasteiger partial charge in [-0.2, -0.15) is 0 Å². The van der Waals surface area contributed by atoms with Crippen molar-refractivity contribution in [2.45, 2.75) is 13.8 Å². The van der Waals surface area contributed by atoms with Crippen molar-refractivity contribution in [3.63, 3.8) is 0 Å². The highest BCUT2D eigenvalue weighted by atomic mass is 35.5. The fraction of sp³-hybridized carbons (Fsp3) is 0.214. The Morgan fingerprint density at radius 3 is 2.67 bits per heavy atom. The maximum atomic E-state index is 11.7. The number of fused-ring (bicyclic) bond motifs is 1. The Kier molecular flexibility index (Phi) is 3.43. The number of halogens is 1. The van der Waals surface area contributed by atoms with E-state index in [9.17, 15) is 4.79 Å². The molecule has 7 heteroatoms. The Labute approximate surface area is 129 Å². The number of hydrogen-bond acceptors (Lipinski definition) is 6. The minimum absolute atomic E-state index is 0.0697. The van der Waals surface area contributed by atoms with Crippen LogP contribution in [0, 0.1) is 13.8 Å². The summed E-state index contributed by atoms with van der Waals surface area (Å²) in [6, 6.07) is 3.59. The first-order valence-electron chi connectivity index (χ1n) is 6.12. The van der Waals surface area contributed by atoms with Crippen LogP contribution < -0.4 is 10.4 Å². The van der Waals surface area contributed by atoms with Gasteiger partial charge in [0.15, 0.2) is 0 Å². The van der Waals surface area contributed by atoms with Crippen LogP contribution >= 0.6 is 22.9 Å². The fourth-order valence-corrected chi connectivity index (χ4v) is 2.96. The molecule has 0 amide bonds. The van der Waals surface area contributed by atoms with E-state index in [0.29, 0.717) is 22.3 Å². The summed E-state index contributed by atoms with van der Waals surface area (Å²) in [4.78, 5) is 11.7. The molecule has 0 unspecified atom stereocenters. The van der Waals surface area contributed by atoms with Gasteiger partial charge in [0.25, 0.3) is 0 Å². The molecule has 108 valence electrons. The van der Waals surface area contributed by atoms with Gasteiger partial charge in [-0.05, 0) is 31.5 Å². The average Bonchev–Trinajstić information content (AvgIpc) is 2.90. The van der Waals surface area contributed by atoms with E-state index in [1.54, 1.807) is 20.1 Å². The third-order valence-electron chi connectivity index (χ3n) is 3.14. The highest BCUT2D eigenvalue weighted by Gasteiger charge is 2.16. The Bertz CT molecular complexity index is 901. The van der Waals surface area contributed by atoms with E-state index < -0.39 is 5.63 Å². The first-order chi connectivity index (χ1) is 10.0. The topological polar surface area (TPSA) is 65.2 Å². The predicted molar refractivity (Wildman–Crippen MR) is 82.4 cm³/mol. The van der Waals surface area contributed by atoms with Crippen molar-refractivity contribution in [1.29, 1.82) is 0 Å². The summed E-state index contributed by atoms with van der Waals surface area (Å²) in [5.74, 6) is 0.582. The Balaban J connectivity index is 2.37. The summed E-state index contributed by atoms with van der Waals surface area (Å²) in [7, 11) is 1.56. The molecule has 0 saturated heterocycles. The summed E-state index contributed by atoms with van der Waals surface area (Å²) in [5, 5.41) is 10.4. The van der Waals surface area contributed by atoms with Crippen LogP contribution in [0.5, 0.6) is 5.75 Å². The monoisotopic (exact) mass is 322 g/mol. The van der Waals surface area contributed by atoms with Crippen LogP contribution in [-0.2, 0) is 0 Å². The Hall–Kier alpha value is -1.92. The first-order valence-corrected chi connectivity index (χ1v) is 7.32. The smallest absolute Gasteiger partial charge is 0.355 e. The van der Waals surface area contributed by atoms with Gasteiger partial charge in [-0.15, -0.1) is 10.2 Å². The molecule has 0 aliphatic carbocycles. The van der Waals surface area contributed by atoms with E-state index in [4.69, 9.17) is 20.8 Å². The van der Waals surface area contributed by atoms with Crippen LogP contribution in [0.4, 0.5) is 0 Å². The second-order valence-electron chi connectivity index (χ2n) is 4.51. The largest absolute Gasteiger partial charge is 0.496 e. The second kappa shape index (κ2) is 5.13. The molecule has 0 spiro atoms. The van der Waals surface area contributed by atoms with Crippen LogP contribution in [-0.4, -0.2) is 17.3 Å². The van der Waals surface area contributed by atoms with E-state index in [1.165, 1.54) is 11.3 Å². The average molecular weight is 323 g/mol. The summed E-state index contributed by atoms with van der Waals surface area (Å²) >= 11 is 7.42. The van der Waals surface area contributed by atoms with Crippen molar-refractivity contribution in [1.82, 2.24) is 10.2 Å². The van der Waals surface area contributed by atoms with E-state index in [0.717, 1.165) is 15.6 Å². The minimum atomic E-state index is -0.561. The number of ether oxygens (including phenoxy) is 1. The van der Waals surface area contributed by atoms with Crippen LogP contribution in [0.2, 0.25) is 5.02 Å². The van der Waals surface area contributed by atoms with Crippen LogP contribution in [0.25, 0.3) is 21.5 Å². The summed E-state index contributed by atoms with van der Waals surface area (Å²) in [6.45, 7) is 3.64. The van der Waals surface area contributed by atoms with Gasteiger partial charge in [-0.3, -0.25) is 0 Å². The molecule has 0 aliphatic heterocycles. The van der Waals surface area contributed by atoms with Gasteiger partial charge in [0, 0.05) is 5.56 Å². The summed E-state index contributed by atoms with van der Waals surface area (Å²) in [5.41, 5.74) is 1.29. The van der Waals surface area contributed by atoms with Crippen LogP contribution in [0.3, 0.4) is 0 Å². The molecule has 0 fully saturated rings. The molecular weight excluding hydrogens is 312 g/mol. The second-order valence-corrected chi connectivity index (χ2v) is 6.07. The van der Waals surface area contributed by atoms with Gasteiger partial charge >= 0.3 is 5.63 Å². The molecule has 2 aromatic heterocycles. The minimum Gasteiger partial charge on any atom is -0.496 e. The third-order valence-corrected chi connectivity index (χ3v) is 4.47. The van der Waals surface area contributed by atoms with E-state index in [1.807, 2.05) is 13.0 Å². The number of aromatic nitrogens is 2. The zero-order chi connectivity index (χ0) is 15.1. The lowest BCUT2D eigenvalue weighted by Gasteiger charge is -2.09. The Morgan fingerprint density at radius 1 is 1.29 bits per heavy atom. The highest BCUT2D eigenvalue weighted by Crippen LogP contribution is 2.36. The molecule has 0 bridgehead atoms. The van der Waals surface area contributed by atoms with Gasteiger partial charge in [-0.25, -0.2) is 4.79 Å². The predicted octanol–water partition coefficient (Wildman–Crippen LogP) is 3.59. The van der Waals surface area contributed by atoms with E-state index >= 15 is 0 Å². The molecule has 1 aromatic carbocycles. The molecule has 21 heavy (non-hydrogen) atoms. The van der Waals surface area contributed by atoms with Crippen molar-refractivity contribution in [2.24, 2.45) is 0 Å². The summed E-state index contributed by atoms with van der Waals surface area (Å²) in [6.07, 6.45) is 0. The molecule has 0 N–H and O–H groups in total. The van der Waals surface area contributed by atoms with Gasteiger partial charge < -0.3 is 9.15 Å². The van der Waals surface area contributed by atoms with Crippen molar-refractivity contribution in [3.8, 4) is 16.3 Å². The molecule has 3 rings (SSSR count). The maximum absolute atomic E-state index is 11.7. The molecule has 0 radical (unpaired) electrons. The van der Waals surface area contributed by atoms with Crippen molar-refractivity contribution in [3.05, 3.63) is 38.1 Å². The lowest BCUT2D eigenvalue weighted by atomic mass is 10.1. The maximum Gasteiger partial charge on any atom is 0.355 e. The fourth-order valence-electron chi connectivity index (χ4n) is 2.15. The zero-order valence-electron chi connectivity index (χ0n) is 11.6. The van der Waals surface area contributed by atoms with E-state index in [2.05, 4.69) is 10.2 Å². The number of rotatable bonds is 2. The number of benzene rings is 1. The summed E-state index contributed by atoms with van der Waals surface area (Å²) < 4.78 is 10.7. The number of nitrogens with zero attached hydrogens (tertiary/aromatic N) is 2. The molecular formula is C14H11ClN2O3S. The van der Waals surface area contributed by atoms with Crippen molar-refractivity contribution < 1.29 is 9.15 Å². The normalized spacial score (nSPS) is 11.0. The highest BCUT2D eigenvalue weighted by molar-refractivity contribution is 7.14. The van der Waals surface area contributed by atoms with Crippen LogP contribution in [0.15, 0.2) is 21.3 Å². The quantitative estimate of drug-likeness (QED) is 0.674. The van der Waals surface area contributed by atoms with Gasteiger partial charge in [0.05, 0.1) is 12.5 Å². The third kappa shape index (κ3) is 2.30. The van der Waals surface area contributed by atoms with Crippen molar-refractivity contribution in [2.75, 3.05) is 7.11 Å². The molecule has 0 saturated carbocycles. The molecule has 3 aromatic rings. The standard InChI is InChI=1S/C14H11ClN2O3S/c1-6-11-9(19-3)4-8(13-17-16-7(2)21-13)5-10(11)20-14(18)12(6)15/h4-5H,1-3H3. The molecule has 2 heterocycles. The van der Waals surface area contributed by atoms with Gasteiger partial charge in [-0.1, -0.05) is 22.9 Å². The first kappa shape index (κ1) is 14.0. The number of hydrogen-bond donors (Lipinski definition) is 0. The molecule has 5 nitrogen and oxygen atoms in total. The zero-order valence-corrected chi connectivity index (χ0v) is 13.1. The van der Waals surface area contributed by atoms with Crippen molar-refractivity contribution >= 4 is 33.9 Å². The van der Waals surface area contributed by atoms with Gasteiger partial charge in [0.1, 0.15) is 26.4 Å². The SMILES string of the molecule is COc1cc(-c2nnc(C)s2)cc2oc(=O)c(Cl)c(C)c12. The lowest BCUT2D eigenvalue weighted by molar-refractivity contribution is 0.418. The number of aryl methyl sites for hydroxylation is 2. The number of methoxy groups -OCH3 is 1. The van der Waals surface area contributed by atoms with Gasteiger partial charge in [0.2, 0.25) is 0 Å². The lowest BCUT2D eigenvalue weighted by Crippen LogP contribution is -2.03. The Morgan fingerprint density at radius 2 is 2.05 bits per heavy atom. The molecule has 0 aliphatic rings. The van der Waals surface area contributed by atoms with Crippen LogP contribution in [0.1, 0.15) is 10.6 Å². The van der Waals surface area contributed by atoms with E-state index in [-0.39, 0.29) is 5.02 Å². The molecule has 0 atom stereocenters.